The smallest absolute Gasteiger partial charge is 0.248 e. The standard InChI is InChI=1S/C13H12N2O/c1-2-10-13-9(7-12(16)14-10)8-5-3-4-6-11(8)15-13/h3-7,15H,2H2,1H3,(H,14,16). The zero-order valence-electron chi connectivity index (χ0n) is 9.00. The molecular formula is C13H12N2O. The summed E-state index contributed by atoms with van der Waals surface area (Å²) < 4.78 is 0. The molecule has 0 bridgehead atoms. The minimum absolute atomic E-state index is 0.0332. The number of pyridine rings is 1. The van der Waals surface area contributed by atoms with Crippen molar-refractivity contribution >= 4 is 21.8 Å². The van der Waals surface area contributed by atoms with E-state index in [1.165, 1.54) is 0 Å². The first kappa shape index (κ1) is 9.21. The molecule has 3 rings (SSSR count). The lowest BCUT2D eigenvalue weighted by Gasteiger charge is -1.98. The number of para-hydroxylation sites is 1. The zero-order chi connectivity index (χ0) is 11.1. The number of hydrogen-bond donors (Lipinski definition) is 2. The van der Waals surface area contributed by atoms with Crippen LogP contribution in [0.5, 0.6) is 0 Å². The van der Waals surface area contributed by atoms with E-state index >= 15 is 0 Å². The Hall–Kier alpha value is -2.03. The number of aryl methyl sites for hydroxylation is 1. The second-order valence-electron chi connectivity index (χ2n) is 3.92. The molecule has 0 aliphatic heterocycles. The number of hydrogen-bond acceptors (Lipinski definition) is 1. The summed E-state index contributed by atoms with van der Waals surface area (Å²) in [5, 5.41) is 2.12. The van der Waals surface area contributed by atoms with Crippen molar-refractivity contribution in [1.82, 2.24) is 9.97 Å². The summed E-state index contributed by atoms with van der Waals surface area (Å²) in [7, 11) is 0. The van der Waals surface area contributed by atoms with Gasteiger partial charge < -0.3 is 9.97 Å². The van der Waals surface area contributed by atoms with E-state index in [1.54, 1.807) is 6.07 Å². The average molecular weight is 212 g/mol. The first-order chi connectivity index (χ1) is 7.79. The second-order valence-corrected chi connectivity index (χ2v) is 3.92. The van der Waals surface area contributed by atoms with Crippen molar-refractivity contribution in [2.75, 3.05) is 0 Å². The topological polar surface area (TPSA) is 48.6 Å². The van der Waals surface area contributed by atoms with Crippen LogP contribution in [0.25, 0.3) is 21.8 Å². The number of rotatable bonds is 1. The molecule has 0 aliphatic carbocycles. The van der Waals surface area contributed by atoms with Crippen LogP contribution in [0.1, 0.15) is 12.6 Å². The van der Waals surface area contributed by atoms with Gasteiger partial charge >= 0.3 is 0 Å². The monoisotopic (exact) mass is 212 g/mol. The SMILES string of the molecule is CCc1[nH]c(=O)cc2c1[nH]c1ccccc12. The van der Waals surface area contributed by atoms with Crippen LogP contribution in [-0.4, -0.2) is 9.97 Å². The highest BCUT2D eigenvalue weighted by atomic mass is 16.1. The summed E-state index contributed by atoms with van der Waals surface area (Å²) >= 11 is 0. The number of benzene rings is 1. The molecule has 0 saturated heterocycles. The van der Waals surface area contributed by atoms with Crippen molar-refractivity contribution in [3.8, 4) is 0 Å². The van der Waals surface area contributed by atoms with E-state index in [2.05, 4.69) is 9.97 Å². The molecule has 2 N–H and O–H groups in total. The number of H-pyrrole nitrogens is 2. The van der Waals surface area contributed by atoms with Crippen LogP contribution in [0.2, 0.25) is 0 Å². The maximum atomic E-state index is 11.5. The van der Waals surface area contributed by atoms with Crippen molar-refractivity contribution < 1.29 is 0 Å². The van der Waals surface area contributed by atoms with Gasteiger partial charge in [-0.3, -0.25) is 4.79 Å². The fourth-order valence-electron chi connectivity index (χ4n) is 2.20. The molecule has 3 aromatic rings. The Bertz CT molecular complexity index is 721. The van der Waals surface area contributed by atoms with Gasteiger partial charge in [-0.25, -0.2) is 0 Å². The summed E-state index contributed by atoms with van der Waals surface area (Å²) in [5.74, 6) is 0. The third-order valence-corrected chi connectivity index (χ3v) is 2.95. The molecule has 0 aliphatic rings. The van der Waals surface area contributed by atoms with E-state index in [-0.39, 0.29) is 5.56 Å². The lowest BCUT2D eigenvalue weighted by molar-refractivity contribution is 1.03. The Morgan fingerprint density at radius 2 is 1.94 bits per heavy atom. The summed E-state index contributed by atoms with van der Waals surface area (Å²) in [6.07, 6.45) is 0.819. The summed E-state index contributed by atoms with van der Waals surface area (Å²) in [6, 6.07) is 9.70. The first-order valence-corrected chi connectivity index (χ1v) is 5.42. The Morgan fingerprint density at radius 1 is 1.12 bits per heavy atom. The van der Waals surface area contributed by atoms with Crippen LogP contribution in [0.3, 0.4) is 0 Å². The lowest BCUT2D eigenvalue weighted by Crippen LogP contribution is -2.06. The van der Waals surface area contributed by atoms with Crippen LogP contribution in [-0.2, 0) is 6.42 Å². The Labute approximate surface area is 92.1 Å². The highest BCUT2D eigenvalue weighted by molar-refractivity contribution is 6.07. The maximum absolute atomic E-state index is 11.5. The molecule has 0 saturated carbocycles. The van der Waals surface area contributed by atoms with Crippen LogP contribution in [0, 0.1) is 0 Å². The molecule has 2 aromatic heterocycles. The minimum Gasteiger partial charge on any atom is -0.353 e. The minimum atomic E-state index is -0.0332. The molecule has 3 heteroatoms. The molecule has 16 heavy (non-hydrogen) atoms. The van der Waals surface area contributed by atoms with Crippen molar-refractivity contribution in [1.29, 1.82) is 0 Å². The fraction of sp³-hybridized carbons (Fsp3) is 0.154. The molecular weight excluding hydrogens is 200 g/mol. The highest BCUT2D eigenvalue weighted by Gasteiger charge is 2.07. The van der Waals surface area contributed by atoms with Crippen molar-refractivity contribution in [2.24, 2.45) is 0 Å². The Balaban J connectivity index is 2.59. The quantitative estimate of drug-likeness (QED) is 0.640. The van der Waals surface area contributed by atoms with Gasteiger partial charge in [0.1, 0.15) is 0 Å². The van der Waals surface area contributed by atoms with Crippen LogP contribution < -0.4 is 5.56 Å². The molecule has 2 heterocycles. The number of aromatic nitrogens is 2. The van der Waals surface area contributed by atoms with Crippen molar-refractivity contribution in [3.63, 3.8) is 0 Å². The third kappa shape index (κ3) is 1.18. The van der Waals surface area contributed by atoms with Gasteiger partial charge in [0.15, 0.2) is 0 Å². The normalized spacial score (nSPS) is 11.3. The molecule has 0 radical (unpaired) electrons. The third-order valence-electron chi connectivity index (χ3n) is 2.95. The Kier molecular flexibility index (Phi) is 1.86. The van der Waals surface area contributed by atoms with E-state index < -0.39 is 0 Å². The molecule has 0 unspecified atom stereocenters. The molecule has 1 aromatic carbocycles. The van der Waals surface area contributed by atoms with Gasteiger partial charge in [0.25, 0.3) is 0 Å². The van der Waals surface area contributed by atoms with Crippen molar-refractivity contribution in [2.45, 2.75) is 13.3 Å². The van der Waals surface area contributed by atoms with E-state index in [9.17, 15) is 4.79 Å². The van der Waals surface area contributed by atoms with Gasteiger partial charge in [-0.1, -0.05) is 25.1 Å². The fourth-order valence-corrected chi connectivity index (χ4v) is 2.20. The predicted molar refractivity (Wildman–Crippen MR) is 65.8 cm³/mol. The van der Waals surface area contributed by atoms with Gasteiger partial charge in [0.05, 0.1) is 5.52 Å². The van der Waals surface area contributed by atoms with Crippen molar-refractivity contribution in [3.05, 3.63) is 46.4 Å². The first-order valence-electron chi connectivity index (χ1n) is 5.42. The van der Waals surface area contributed by atoms with E-state index in [4.69, 9.17) is 0 Å². The van der Waals surface area contributed by atoms with E-state index in [0.29, 0.717) is 0 Å². The summed E-state index contributed by atoms with van der Waals surface area (Å²) in [5.41, 5.74) is 3.06. The van der Waals surface area contributed by atoms with Gasteiger partial charge in [-0.15, -0.1) is 0 Å². The van der Waals surface area contributed by atoms with E-state index in [0.717, 1.165) is 33.9 Å². The highest BCUT2D eigenvalue weighted by Crippen LogP contribution is 2.25. The number of fused-ring (bicyclic) bond motifs is 3. The van der Waals surface area contributed by atoms with Crippen LogP contribution >= 0.6 is 0 Å². The summed E-state index contributed by atoms with van der Waals surface area (Å²) in [6.45, 7) is 2.04. The molecule has 0 amide bonds. The lowest BCUT2D eigenvalue weighted by atomic mass is 10.1. The predicted octanol–water partition coefficient (Wildman–Crippen LogP) is 2.57. The van der Waals surface area contributed by atoms with Gasteiger partial charge in [-0.2, -0.15) is 0 Å². The van der Waals surface area contributed by atoms with Crippen LogP contribution in [0.4, 0.5) is 0 Å². The number of nitrogens with one attached hydrogen (secondary N) is 2. The molecule has 0 spiro atoms. The maximum Gasteiger partial charge on any atom is 0.248 e. The Morgan fingerprint density at radius 3 is 2.75 bits per heavy atom. The molecule has 80 valence electrons. The van der Waals surface area contributed by atoms with Crippen LogP contribution in [0.15, 0.2) is 35.1 Å². The van der Waals surface area contributed by atoms with Gasteiger partial charge in [0.2, 0.25) is 5.56 Å². The molecule has 0 atom stereocenters. The molecule has 0 fully saturated rings. The molecule has 3 nitrogen and oxygen atoms in total. The zero-order valence-corrected chi connectivity index (χ0v) is 9.00. The second kappa shape index (κ2) is 3.23. The summed E-state index contributed by atoms with van der Waals surface area (Å²) in [4.78, 5) is 17.8. The average Bonchev–Trinajstić information content (AvgIpc) is 2.67. The van der Waals surface area contributed by atoms with E-state index in [1.807, 2.05) is 31.2 Å². The van der Waals surface area contributed by atoms with Gasteiger partial charge in [0, 0.05) is 28.0 Å². The van der Waals surface area contributed by atoms with Gasteiger partial charge in [-0.05, 0) is 12.5 Å². The number of aromatic amines is 2. The largest absolute Gasteiger partial charge is 0.353 e.